The number of amides is 1. The molecule has 1 aliphatic rings. The third-order valence-corrected chi connectivity index (χ3v) is 4.13. The predicted octanol–water partition coefficient (Wildman–Crippen LogP) is 3.23. The fourth-order valence-electron chi connectivity index (χ4n) is 2.90. The third kappa shape index (κ3) is 5.02. The molecule has 0 fully saturated rings. The summed E-state index contributed by atoms with van der Waals surface area (Å²) in [6.45, 7) is 2.50. The van der Waals surface area contributed by atoms with Crippen molar-refractivity contribution in [2.24, 2.45) is 0 Å². The van der Waals surface area contributed by atoms with E-state index in [4.69, 9.17) is 9.47 Å². The molecule has 0 spiro atoms. The maximum absolute atomic E-state index is 11.5. The van der Waals surface area contributed by atoms with Crippen molar-refractivity contribution >= 4 is 5.91 Å². The lowest BCUT2D eigenvalue weighted by atomic mass is 10.1. The first-order chi connectivity index (χ1) is 12.2. The second kappa shape index (κ2) is 8.60. The van der Waals surface area contributed by atoms with Crippen molar-refractivity contribution in [3.8, 4) is 0 Å². The molecular formula is C21H23NO3. The molecule has 0 unspecified atom stereocenters. The van der Waals surface area contributed by atoms with Gasteiger partial charge in [-0.05, 0) is 11.1 Å². The molecule has 0 saturated heterocycles. The van der Waals surface area contributed by atoms with Gasteiger partial charge in [-0.15, -0.1) is 0 Å². The molecule has 2 aromatic carbocycles. The molecule has 130 valence electrons. The number of benzene rings is 2. The van der Waals surface area contributed by atoms with Crippen molar-refractivity contribution in [3.63, 3.8) is 0 Å². The number of rotatable bonds is 7. The van der Waals surface area contributed by atoms with Gasteiger partial charge >= 0.3 is 0 Å². The number of carbonyl (C=O) groups is 1. The summed E-state index contributed by atoms with van der Waals surface area (Å²) >= 11 is 0. The van der Waals surface area contributed by atoms with Crippen molar-refractivity contribution in [1.82, 2.24) is 5.32 Å². The smallest absolute Gasteiger partial charge is 0.217 e. The molecule has 1 amide bonds. The van der Waals surface area contributed by atoms with Gasteiger partial charge in [0.15, 0.2) is 0 Å². The highest BCUT2D eigenvalue weighted by atomic mass is 16.5. The van der Waals surface area contributed by atoms with Crippen LogP contribution in [0.1, 0.15) is 18.1 Å². The SMILES string of the molecule is CC(=O)N[C@@H]1C=C[C@@H](OCc2ccccc2)[C@H]1OCc1ccccc1. The van der Waals surface area contributed by atoms with E-state index in [-0.39, 0.29) is 24.2 Å². The highest BCUT2D eigenvalue weighted by Crippen LogP contribution is 2.22. The maximum atomic E-state index is 11.5. The molecule has 0 saturated carbocycles. The summed E-state index contributed by atoms with van der Waals surface area (Å²) in [5, 5.41) is 2.93. The Morgan fingerprint density at radius 2 is 1.44 bits per heavy atom. The van der Waals surface area contributed by atoms with Gasteiger partial charge in [0.05, 0.1) is 19.3 Å². The quantitative estimate of drug-likeness (QED) is 0.789. The molecular weight excluding hydrogens is 314 g/mol. The molecule has 4 nitrogen and oxygen atoms in total. The van der Waals surface area contributed by atoms with Crippen LogP contribution in [0.5, 0.6) is 0 Å². The first kappa shape index (κ1) is 17.4. The van der Waals surface area contributed by atoms with Gasteiger partial charge in [-0.2, -0.15) is 0 Å². The summed E-state index contributed by atoms with van der Waals surface area (Å²) < 4.78 is 12.1. The Balaban J connectivity index is 1.63. The van der Waals surface area contributed by atoms with E-state index in [0.29, 0.717) is 13.2 Å². The van der Waals surface area contributed by atoms with Gasteiger partial charge in [0.25, 0.3) is 0 Å². The fourth-order valence-corrected chi connectivity index (χ4v) is 2.90. The van der Waals surface area contributed by atoms with Gasteiger partial charge in [-0.25, -0.2) is 0 Å². The topological polar surface area (TPSA) is 47.6 Å². The zero-order valence-electron chi connectivity index (χ0n) is 14.3. The molecule has 25 heavy (non-hydrogen) atoms. The zero-order valence-corrected chi connectivity index (χ0v) is 14.3. The Bertz CT molecular complexity index is 700. The normalized spacial score (nSPS) is 22.0. The molecule has 0 heterocycles. The number of ether oxygens (including phenoxy) is 2. The second-order valence-electron chi connectivity index (χ2n) is 6.13. The Morgan fingerprint density at radius 3 is 2.00 bits per heavy atom. The number of hydrogen-bond donors (Lipinski definition) is 1. The largest absolute Gasteiger partial charge is 0.368 e. The Kier molecular flexibility index (Phi) is 5.99. The molecule has 3 rings (SSSR count). The fraction of sp³-hybridized carbons (Fsp3) is 0.286. The minimum atomic E-state index is -0.243. The molecule has 0 aliphatic heterocycles. The van der Waals surface area contributed by atoms with Gasteiger partial charge in [0.2, 0.25) is 5.91 Å². The van der Waals surface area contributed by atoms with E-state index in [1.165, 1.54) is 6.92 Å². The van der Waals surface area contributed by atoms with Gasteiger partial charge in [-0.3, -0.25) is 4.79 Å². The highest BCUT2D eigenvalue weighted by Gasteiger charge is 2.34. The van der Waals surface area contributed by atoms with Crippen LogP contribution in [-0.2, 0) is 27.5 Å². The summed E-state index contributed by atoms with van der Waals surface area (Å²) in [4.78, 5) is 11.5. The first-order valence-corrected chi connectivity index (χ1v) is 8.49. The lowest BCUT2D eigenvalue weighted by molar-refractivity contribution is -0.121. The predicted molar refractivity (Wildman–Crippen MR) is 96.8 cm³/mol. The molecule has 4 heteroatoms. The zero-order chi connectivity index (χ0) is 17.5. The van der Waals surface area contributed by atoms with Crippen LogP contribution in [0, 0.1) is 0 Å². The number of nitrogens with one attached hydrogen (secondary N) is 1. The van der Waals surface area contributed by atoms with Crippen molar-refractivity contribution in [2.75, 3.05) is 0 Å². The minimum absolute atomic E-state index is 0.0772. The molecule has 0 radical (unpaired) electrons. The van der Waals surface area contributed by atoms with Crippen LogP contribution in [0.4, 0.5) is 0 Å². The average Bonchev–Trinajstić information content (AvgIpc) is 3.01. The van der Waals surface area contributed by atoms with Gasteiger partial charge in [0, 0.05) is 6.92 Å². The molecule has 3 atom stereocenters. The van der Waals surface area contributed by atoms with E-state index >= 15 is 0 Å². The van der Waals surface area contributed by atoms with Crippen LogP contribution < -0.4 is 5.32 Å². The van der Waals surface area contributed by atoms with Gasteiger partial charge < -0.3 is 14.8 Å². The standard InChI is InChI=1S/C21H23NO3/c1-16(23)22-19-12-13-20(24-14-17-8-4-2-5-9-17)21(19)25-15-18-10-6-3-7-11-18/h2-13,19-21H,14-15H2,1H3,(H,22,23)/t19-,20-,21+/m1/s1. The Morgan fingerprint density at radius 1 is 0.880 bits per heavy atom. The van der Waals surface area contributed by atoms with E-state index < -0.39 is 0 Å². The van der Waals surface area contributed by atoms with Crippen LogP contribution in [-0.4, -0.2) is 24.2 Å². The molecule has 1 aliphatic carbocycles. The van der Waals surface area contributed by atoms with Crippen molar-refractivity contribution in [1.29, 1.82) is 0 Å². The van der Waals surface area contributed by atoms with Crippen LogP contribution in [0.15, 0.2) is 72.8 Å². The van der Waals surface area contributed by atoms with Crippen LogP contribution in [0.25, 0.3) is 0 Å². The molecule has 0 bridgehead atoms. The maximum Gasteiger partial charge on any atom is 0.217 e. The van der Waals surface area contributed by atoms with E-state index in [1.807, 2.05) is 72.8 Å². The van der Waals surface area contributed by atoms with Gasteiger partial charge in [-0.1, -0.05) is 72.8 Å². The summed E-state index contributed by atoms with van der Waals surface area (Å²) in [7, 11) is 0. The monoisotopic (exact) mass is 337 g/mol. The Labute approximate surface area is 148 Å². The van der Waals surface area contributed by atoms with E-state index in [9.17, 15) is 4.79 Å². The van der Waals surface area contributed by atoms with E-state index in [2.05, 4.69) is 5.32 Å². The molecule has 2 aromatic rings. The van der Waals surface area contributed by atoms with Crippen LogP contribution in [0.2, 0.25) is 0 Å². The van der Waals surface area contributed by atoms with E-state index in [1.54, 1.807) is 0 Å². The Hall–Kier alpha value is -2.43. The second-order valence-corrected chi connectivity index (χ2v) is 6.13. The number of hydrogen-bond acceptors (Lipinski definition) is 3. The van der Waals surface area contributed by atoms with Crippen molar-refractivity contribution in [3.05, 3.63) is 83.9 Å². The van der Waals surface area contributed by atoms with E-state index in [0.717, 1.165) is 11.1 Å². The average molecular weight is 337 g/mol. The summed E-state index contributed by atoms with van der Waals surface area (Å²) in [5.41, 5.74) is 2.21. The number of carbonyl (C=O) groups excluding carboxylic acids is 1. The molecule has 1 N–H and O–H groups in total. The van der Waals surface area contributed by atoms with Crippen LogP contribution >= 0.6 is 0 Å². The summed E-state index contributed by atoms with van der Waals surface area (Å²) in [6, 6.07) is 19.9. The van der Waals surface area contributed by atoms with Crippen LogP contribution in [0.3, 0.4) is 0 Å². The summed E-state index contributed by atoms with van der Waals surface area (Å²) in [5.74, 6) is -0.0772. The summed E-state index contributed by atoms with van der Waals surface area (Å²) in [6.07, 6.45) is 3.49. The third-order valence-electron chi connectivity index (χ3n) is 4.13. The lowest BCUT2D eigenvalue weighted by Gasteiger charge is -2.26. The highest BCUT2D eigenvalue weighted by molar-refractivity contribution is 5.73. The van der Waals surface area contributed by atoms with Crippen molar-refractivity contribution < 1.29 is 14.3 Å². The molecule has 0 aromatic heterocycles. The van der Waals surface area contributed by atoms with Crippen molar-refractivity contribution in [2.45, 2.75) is 38.4 Å². The van der Waals surface area contributed by atoms with Gasteiger partial charge in [0.1, 0.15) is 12.2 Å². The lowest BCUT2D eigenvalue weighted by Crippen LogP contribution is -2.44. The minimum Gasteiger partial charge on any atom is -0.368 e. The first-order valence-electron chi connectivity index (χ1n) is 8.49.